The molecule has 0 bridgehead atoms. The molecule has 0 saturated carbocycles. The SMILES string of the molecule is CCNC(c1cccc(OCC)c1)C(OC)C(C)C. The van der Waals surface area contributed by atoms with Crippen LogP contribution in [0.15, 0.2) is 24.3 Å². The van der Waals surface area contributed by atoms with E-state index in [2.05, 4.69) is 38.2 Å². The summed E-state index contributed by atoms with van der Waals surface area (Å²) in [5, 5.41) is 3.52. The highest BCUT2D eigenvalue weighted by atomic mass is 16.5. The number of ether oxygens (including phenoxy) is 2. The summed E-state index contributed by atoms with van der Waals surface area (Å²) in [6, 6.07) is 8.45. The minimum absolute atomic E-state index is 0.150. The summed E-state index contributed by atoms with van der Waals surface area (Å²) in [4.78, 5) is 0. The molecule has 0 saturated heterocycles. The maximum absolute atomic E-state index is 5.68. The maximum Gasteiger partial charge on any atom is 0.119 e. The summed E-state index contributed by atoms with van der Waals surface area (Å²) in [5.74, 6) is 1.37. The third-order valence-corrected chi connectivity index (χ3v) is 3.21. The van der Waals surface area contributed by atoms with E-state index in [-0.39, 0.29) is 12.1 Å². The summed E-state index contributed by atoms with van der Waals surface area (Å²) in [6.45, 7) is 10.1. The second kappa shape index (κ2) is 8.18. The third kappa shape index (κ3) is 4.51. The Morgan fingerprint density at radius 2 is 1.95 bits per heavy atom. The van der Waals surface area contributed by atoms with E-state index in [1.165, 1.54) is 5.56 Å². The lowest BCUT2D eigenvalue weighted by Gasteiger charge is -2.30. The fourth-order valence-electron chi connectivity index (χ4n) is 2.40. The monoisotopic (exact) mass is 265 g/mol. The fraction of sp³-hybridized carbons (Fsp3) is 0.625. The molecule has 1 aromatic carbocycles. The lowest BCUT2D eigenvalue weighted by atomic mass is 9.93. The summed E-state index contributed by atoms with van der Waals surface area (Å²) < 4.78 is 11.3. The first-order chi connectivity index (χ1) is 9.13. The van der Waals surface area contributed by atoms with Gasteiger partial charge in [-0.2, -0.15) is 0 Å². The van der Waals surface area contributed by atoms with Crippen LogP contribution in [0.5, 0.6) is 5.75 Å². The normalized spacial score (nSPS) is 14.4. The average molecular weight is 265 g/mol. The lowest BCUT2D eigenvalue weighted by Crippen LogP contribution is -2.36. The van der Waals surface area contributed by atoms with Gasteiger partial charge in [0.25, 0.3) is 0 Å². The Balaban J connectivity index is 3.00. The van der Waals surface area contributed by atoms with Crippen LogP contribution >= 0.6 is 0 Å². The second-order valence-corrected chi connectivity index (χ2v) is 4.99. The molecule has 0 aliphatic heterocycles. The van der Waals surface area contributed by atoms with Crippen molar-refractivity contribution < 1.29 is 9.47 Å². The highest BCUT2D eigenvalue weighted by Crippen LogP contribution is 2.27. The van der Waals surface area contributed by atoms with E-state index in [0.29, 0.717) is 12.5 Å². The molecule has 3 heteroatoms. The zero-order chi connectivity index (χ0) is 14.3. The highest BCUT2D eigenvalue weighted by Gasteiger charge is 2.25. The number of hydrogen-bond donors (Lipinski definition) is 1. The number of likely N-dealkylation sites (N-methyl/N-ethyl adjacent to an activating group) is 1. The summed E-state index contributed by atoms with van der Waals surface area (Å²) in [6.07, 6.45) is 0.150. The Hall–Kier alpha value is -1.06. The number of nitrogens with one attached hydrogen (secondary N) is 1. The summed E-state index contributed by atoms with van der Waals surface area (Å²) >= 11 is 0. The van der Waals surface area contributed by atoms with Crippen LogP contribution in [-0.2, 0) is 4.74 Å². The van der Waals surface area contributed by atoms with E-state index in [9.17, 15) is 0 Å². The molecular weight excluding hydrogens is 238 g/mol. The van der Waals surface area contributed by atoms with Crippen LogP contribution in [-0.4, -0.2) is 26.4 Å². The Labute approximate surface area is 117 Å². The predicted octanol–water partition coefficient (Wildman–Crippen LogP) is 3.41. The first-order valence-electron chi connectivity index (χ1n) is 7.12. The Morgan fingerprint density at radius 1 is 1.21 bits per heavy atom. The van der Waals surface area contributed by atoms with E-state index in [4.69, 9.17) is 9.47 Å². The molecule has 0 fully saturated rings. The van der Waals surface area contributed by atoms with Crippen molar-refractivity contribution in [3.05, 3.63) is 29.8 Å². The van der Waals surface area contributed by atoms with Gasteiger partial charge in [0.1, 0.15) is 5.75 Å². The maximum atomic E-state index is 5.68. The van der Waals surface area contributed by atoms with Gasteiger partial charge < -0.3 is 14.8 Å². The average Bonchev–Trinajstić information content (AvgIpc) is 2.39. The molecule has 3 nitrogen and oxygen atoms in total. The molecule has 2 unspecified atom stereocenters. The number of methoxy groups -OCH3 is 1. The molecule has 19 heavy (non-hydrogen) atoms. The Bertz CT molecular complexity index is 366. The van der Waals surface area contributed by atoms with Gasteiger partial charge in [-0.05, 0) is 37.1 Å². The van der Waals surface area contributed by atoms with Crippen LogP contribution in [0.25, 0.3) is 0 Å². The van der Waals surface area contributed by atoms with Crippen molar-refractivity contribution in [2.45, 2.75) is 39.8 Å². The standard InChI is InChI=1S/C16H27NO2/c1-6-17-15(16(18-5)12(3)4)13-9-8-10-14(11-13)19-7-2/h8-12,15-17H,6-7H2,1-5H3. The van der Waals surface area contributed by atoms with Crippen LogP contribution in [0.2, 0.25) is 0 Å². The molecule has 0 heterocycles. The van der Waals surface area contributed by atoms with Crippen molar-refractivity contribution in [1.82, 2.24) is 5.32 Å². The molecule has 1 aromatic rings. The number of benzene rings is 1. The smallest absolute Gasteiger partial charge is 0.119 e. The van der Waals surface area contributed by atoms with E-state index >= 15 is 0 Å². The number of rotatable bonds is 8. The molecule has 0 amide bonds. The molecule has 0 radical (unpaired) electrons. The van der Waals surface area contributed by atoms with E-state index < -0.39 is 0 Å². The fourth-order valence-corrected chi connectivity index (χ4v) is 2.40. The van der Waals surface area contributed by atoms with Crippen LogP contribution in [0.1, 0.15) is 39.3 Å². The van der Waals surface area contributed by atoms with E-state index in [0.717, 1.165) is 12.3 Å². The predicted molar refractivity (Wildman–Crippen MR) is 79.7 cm³/mol. The third-order valence-electron chi connectivity index (χ3n) is 3.21. The Morgan fingerprint density at radius 3 is 2.47 bits per heavy atom. The van der Waals surface area contributed by atoms with Crippen LogP contribution in [0.4, 0.5) is 0 Å². The van der Waals surface area contributed by atoms with Crippen LogP contribution in [0.3, 0.4) is 0 Å². The largest absolute Gasteiger partial charge is 0.494 e. The molecule has 1 rings (SSSR count). The molecule has 2 atom stereocenters. The summed E-state index contributed by atoms with van der Waals surface area (Å²) in [7, 11) is 1.78. The minimum atomic E-state index is 0.150. The zero-order valence-electron chi connectivity index (χ0n) is 12.8. The van der Waals surface area contributed by atoms with Gasteiger partial charge in [0, 0.05) is 7.11 Å². The minimum Gasteiger partial charge on any atom is -0.494 e. The summed E-state index contributed by atoms with van der Waals surface area (Å²) in [5.41, 5.74) is 1.22. The van der Waals surface area contributed by atoms with Crippen LogP contribution in [0, 0.1) is 5.92 Å². The van der Waals surface area contributed by atoms with Gasteiger partial charge >= 0.3 is 0 Å². The topological polar surface area (TPSA) is 30.5 Å². The van der Waals surface area contributed by atoms with Crippen molar-refractivity contribution >= 4 is 0 Å². The molecule has 0 aromatic heterocycles. The van der Waals surface area contributed by atoms with Gasteiger partial charge in [-0.25, -0.2) is 0 Å². The van der Waals surface area contributed by atoms with Gasteiger partial charge in [-0.1, -0.05) is 32.9 Å². The van der Waals surface area contributed by atoms with Crippen molar-refractivity contribution in [3.63, 3.8) is 0 Å². The van der Waals surface area contributed by atoms with Crippen LogP contribution < -0.4 is 10.1 Å². The first-order valence-corrected chi connectivity index (χ1v) is 7.12. The molecule has 0 spiro atoms. The number of hydrogen-bond acceptors (Lipinski definition) is 3. The Kier molecular flexibility index (Phi) is 6.89. The van der Waals surface area contributed by atoms with E-state index in [1.54, 1.807) is 7.11 Å². The molecular formula is C16H27NO2. The van der Waals surface area contributed by atoms with Crippen molar-refractivity contribution in [3.8, 4) is 5.75 Å². The van der Waals surface area contributed by atoms with Gasteiger partial charge in [0.2, 0.25) is 0 Å². The molecule has 0 aliphatic rings. The van der Waals surface area contributed by atoms with Crippen molar-refractivity contribution in [1.29, 1.82) is 0 Å². The molecule has 1 N–H and O–H groups in total. The molecule has 108 valence electrons. The quantitative estimate of drug-likeness (QED) is 0.781. The zero-order valence-corrected chi connectivity index (χ0v) is 12.8. The van der Waals surface area contributed by atoms with E-state index in [1.807, 2.05) is 19.1 Å². The first kappa shape index (κ1) is 16.0. The highest BCUT2D eigenvalue weighted by molar-refractivity contribution is 5.31. The van der Waals surface area contributed by atoms with Crippen molar-refractivity contribution in [2.75, 3.05) is 20.3 Å². The van der Waals surface area contributed by atoms with Gasteiger partial charge in [-0.3, -0.25) is 0 Å². The molecule has 0 aliphatic carbocycles. The van der Waals surface area contributed by atoms with Gasteiger partial charge in [0.15, 0.2) is 0 Å². The van der Waals surface area contributed by atoms with Gasteiger partial charge in [0.05, 0.1) is 18.8 Å². The van der Waals surface area contributed by atoms with Gasteiger partial charge in [-0.15, -0.1) is 0 Å². The van der Waals surface area contributed by atoms with Crippen molar-refractivity contribution in [2.24, 2.45) is 5.92 Å². The lowest BCUT2D eigenvalue weighted by molar-refractivity contribution is 0.0330. The second-order valence-electron chi connectivity index (χ2n) is 4.99.